The smallest absolute Gasteiger partial charge is 0.0738 e. The molecule has 2 aromatic heterocycles. The summed E-state index contributed by atoms with van der Waals surface area (Å²) in [5.41, 5.74) is 6.34. The van der Waals surface area contributed by atoms with E-state index >= 15 is 0 Å². The average molecular weight is 365 g/mol. The number of benzene rings is 1. The van der Waals surface area contributed by atoms with Gasteiger partial charge >= 0.3 is 0 Å². The second kappa shape index (κ2) is 5.88. The van der Waals surface area contributed by atoms with E-state index in [9.17, 15) is 0 Å². The molecule has 0 fully saturated rings. The Morgan fingerprint density at radius 2 is 2.19 bits per heavy atom. The first-order valence-electron chi connectivity index (χ1n) is 6.72. The SMILES string of the molecule is Cc1nn(C)c(CC(NN)c2csc3ccccc23)c1Br. The lowest BCUT2D eigenvalue weighted by Gasteiger charge is -2.16. The fourth-order valence-electron chi connectivity index (χ4n) is 2.62. The van der Waals surface area contributed by atoms with Gasteiger partial charge in [-0.25, -0.2) is 0 Å². The van der Waals surface area contributed by atoms with Crippen molar-refractivity contribution in [2.45, 2.75) is 19.4 Å². The molecule has 0 aliphatic carbocycles. The largest absolute Gasteiger partial charge is 0.271 e. The Morgan fingerprint density at radius 3 is 2.86 bits per heavy atom. The summed E-state index contributed by atoms with van der Waals surface area (Å²) >= 11 is 5.37. The first kappa shape index (κ1) is 14.7. The van der Waals surface area contributed by atoms with Crippen LogP contribution in [0, 0.1) is 6.92 Å². The van der Waals surface area contributed by atoms with Crippen LogP contribution in [0.1, 0.15) is 23.0 Å². The fourth-order valence-corrected chi connectivity index (χ4v) is 4.13. The van der Waals surface area contributed by atoms with Crippen LogP contribution in [-0.4, -0.2) is 9.78 Å². The van der Waals surface area contributed by atoms with E-state index in [1.807, 2.05) is 18.7 Å². The van der Waals surface area contributed by atoms with E-state index in [2.05, 4.69) is 56.1 Å². The Hall–Kier alpha value is -1.21. The second-order valence-electron chi connectivity index (χ2n) is 5.08. The number of aryl methyl sites for hydroxylation is 2. The van der Waals surface area contributed by atoms with Crippen LogP contribution >= 0.6 is 27.3 Å². The highest BCUT2D eigenvalue weighted by molar-refractivity contribution is 9.10. The Balaban J connectivity index is 1.99. The lowest BCUT2D eigenvalue weighted by Crippen LogP contribution is -2.30. The minimum Gasteiger partial charge on any atom is -0.271 e. The maximum absolute atomic E-state index is 5.82. The van der Waals surface area contributed by atoms with Crippen LogP contribution in [0.4, 0.5) is 0 Å². The van der Waals surface area contributed by atoms with Crippen molar-refractivity contribution >= 4 is 37.4 Å². The van der Waals surface area contributed by atoms with Crippen molar-refractivity contribution in [1.82, 2.24) is 15.2 Å². The van der Waals surface area contributed by atoms with Crippen molar-refractivity contribution in [1.29, 1.82) is 0 Å². The number of aromatic nitrogens is 2. The predicted molar refractivity (Wildman–Crippen MR) is 91.2 cm³/mol. The number of hydrazine groups is 1. The number of halogens is 1. The highest BCUT2D eigenvalue weighted by Crippen LogP contribution is 2.33. The molecule has 0 saturated carbocycles. The number of fused-ring (bicyclic) bond motifs is 1. The summed E-state index contributed by atoms with van der Waals surface area (Å²) < 4.78 is 4.26. The molecule has 0 saturated heterocycles. The standard InChI is InChI=1S/C15H17BrN4S/c1-9-15(16)13(20(2)19-9)7-12(18-17)11-8-21-14-6-4-3-5-10(11)14/h3-6,8,12,18H,7,17H2,1-2H3. The van der Waals surface area contributed by atoms with Gasteiger partial charge in [0.2, 0.25) is 0 Å². The van der Waals surface area contributed by atoms with Gasteiger partial charge in [-0.1, -0.05) is 18.2 Å². The minimum absolute atomic E-state index is 0.0623. The third-order valence-corrected chi connectivity index (χ3v) is 5.76. The topological polar surface area (TPSA) is 55.9 Å². The van der Waals surface area contributed by atoms with Crippen LogP contribution in [0.15, 0.2) is 34.1 Å². The van der Waals surface area contributed by atoms with Gasteiger partial charge in [0.25, 0.3) is 0 Å². The quantitative estimate of drug-likeness (QED) is 0.550. The number of hydrogen-bond donors (Lipinski definition) is 2. The summed E-state index contributed by atoms with van der Waals surface area (Å²) in [7, 11) is 1.96. The highest BCUT2D eigenvalue weighted by Gasteiger charge is 2.19. The number of hydrogen-bond acceptors (Lipinski definition) is 4. The van der Waals surface area contributed by atoms with E-state index in [-0.39, 0.29) is 6.04 Å². The zero-order chi connectivity index (χ0) is 15.0. The van der Waals surface area contributed by atoms with E-state index in [1.165, 1.54) is 15.6 Å². The summed E-state index contributed by atoms with van der Waals surface area (Å²) in [6, 6.07) is 8.48. The first-order chi connectivity index (χ1) is 10.1. The number of rotatable bonds is 4. The summed E-state index contributed by atoms with van der Waals surface area (Å²) in [6.07, 6.45) is 0.787. The molecule has 0 bridgehead atoms. The molecule has 1 aromatic carbocycles. The molecule has 1 unspecified atom stereocenters. The van der Waals surface area contributed by atoms with E-state index < -0.39 is 0 Å². The molecule has 0 spiro atoms. The monoisotopic (exact) mass is 364 g/mol. The number of thiophene rings is 1. The van der Waals surface area contributed by atoms with Crippen molar-refractivity contribution in [2.24, 2.45) is 12.9 Å². The average Bonchev–Trinajstić information content (AvgIpc) is 3.00. The molecule has 2 heterocycles. The molecule has 0 aliphatic heterocycles. The van der Waals surface area contributed by atoms with Crippen molar-refractivity contribution < 1.29 is 0 Å². The Labute approximate surface area is 136 Å². The minimum atomic E-state index is 0.0623. The maximum atomic E-state index is 5.82. The lowest BCUT2D eigenvalue weighted by atomic mass is 10.0. The molecule has 21 heavy (non-hydrogen) atoms. The van der Waals surface area contributed by atoms with Crippen LogP contribution in [0.3, 0.4) is 0 Å². The Bertz CT molecular complexity index is 777. The maximum Gasteiger partial charge on any atom is 0.0738 e. The third-order valence-electron chi connectivity index (χ3n) is 3.75. The van der Waals surface area contributed by atoms with Crippen LogP contribution < -0.4 is 11.3 Å². The Morgan fingerprint density at radius 1 is 1.43 bits per heavy atom. The van der Waals surface area contributed by atoms with Crippen LogP contribution in [-0.2, 0) is 13.5 Å². The number of nitrogens with one attached hydrogen (secondary N) is 1. The molecule has 1 atom stereocenters. The normalized spacial score (nSPS) is 13.0. The molecule has 3 rings (SSSR count). The molecule has 0 radical (unpaired) electrons. The molecule has 0 amide bonds. The van der Waals surface area contributed by atoms with Crippen LogP contribution in [0.2, 0.25) is 0 Å². The van der Waals surface area contributed by atoms with E-state index in [0.29, 0.717) is 0 Å². The second-order valence-corrected chi connectivity index (χ2v) is 6.78. The molecule has 110 valence electrons. The molecule has 4 nitrogen and oxygen atoms in total. The van der Waals surface area contributed by atoms with Gasteiger partial charge in [-0.3, -0.25) is 16.0 Å². The summed E-state index contributed by atoms with van der Waals surface area (Å²) in [5.74, 6) is 5.82. The molecule has 6 heteroatoms. The number of nitrogens with zero attached hydrogens (tertiary/aromatic N) is 2. The van der Waals surface area contributed by atoms with Crippen molar-refractivity contribution in [3.8, 4) is 0 Å². The first-order valence-corrected chi connectivity index (χ1v) is 8.39. The zero-order valence-corrected chi connectivity index (χ0v) is 14.3. The molecule has 3 N–H and O–H groups in total. The summed E-state index contributed by atoms with van der Waals surface area (Å²) in [4.78, 5) is 0. The van der Waals surface area contributed by atoms with Gasteiger partial charge in [0.05, 0.1) is 21.9 Å². The third kappa shape index (κ3) is 2.64. The van der Waals surface area contributed by atoms with Gasteiger partial charge in [0, 0.05) is 18.2 Å². The van der Waals surface area contributed by atoms with Gasteiger partial charge in [-0.2, -0.15) is 5.10 Å². The summed E-state index contributed by atoms with van der Waals surface area (Å²) in [5, 5.41) is 7.90. The summed E-state index contributed by atoms with van der Waals surface area (Å²) in [6.45, 7) is 2.00. The van der Waals surface area contributed by atoms with Crippen molar-refractivity contribution in [2.75, 3.05) is 0 Å². The van der Waals surface area contributed by atoms with Gasteiger partial charge in [-0.15, -0.1) is 11.3 Å². The molecular weight excluding hydrogens is 348 g/mol. The van der Waals surface area contributed by atoms with Gasteiger partial charge in [0.1, 0.15) is 0 Å². The van der Waals surface area contributed by atoms with Gasteiger partial charge < -0.3 is 0 Å². The van der Waals surface area contributed by atoms with Crippen LogP contribution in [0.5, 0.6) is 0 Å². The van der Waals surface area contributed by atoms with E-state index in [1.54, 1.807) is 11.3 Å². The number of nitrogens with two attached hydrogens (primary N) is 1. The zero-order valence-electron chi connectivity index (χ0n) is 11.9. The molecule has 3 aromatic rings. The van der Waals surface area contributed by atoms with E-state index in [0.717, 1.165) is 22.3 Å². The van der Waals surface area contributed by atoms with Crippen LogP contribution in [0.25, 0.3) is 10.1 Å². The lowest BCUT2D eigenvalue weighted by molar-refractivity contribution is 0.533. The highest BCUT2D eigenvalue weighted by atomic mass is 79.9. The van der Waals surface area contributed by atoms with Gasteiger partial charge in [-0.05, 0) is 45.2 Å². The Kier molecular flexibility index (Phi) is 4.12. The van der Waals surface area contributed by atoms with E-state index in [4.69, 9.17) is 5.84 Å². The fraction of sp³-hybridized carbons (Fsp3) is 0.267. The molecule has 0 aliphatic rings. The predicted octanol–water partition coefficient (Wildman–Crippen LogP) is 3.45. The van der Waals surface area contributed by atoms with Crippen molar-refractivity contribution in [3.63, 3.8) is 0 Å². The molecular formula is C15H17BrN4S. The van der Waals surface area contributed by atoms with Crippen molar-refractivity contribution in [3.05, 3.63) is 51.1 Å². The van der Waals surface area contributed by atoms with Gasteiger partial charge in [0.15, 0.2) is 0 Å².